The predicted molar refractivity (Wildman–Crippen MR) is 86.4 cm³/mol. The fourth-order valence-corrected chi connectivity index (χ4v) is 4.86. The normalized spacial score (nSPS) is 27.2. The summed E-state index contributed by atoms with van der Waals surface area (Å²) in [6.45, 7) is 1.20. The van der Waals surface area contributed by atoms with Gasteiger partial charge in [0.25, 0.3) is 0 Å². The third kappa shape index (κ3) is 2.67. The number of piperidine rings is 1. The number of hydrogen-bond acceptors (Lipinski definition) is 1. The lowest BCUT2D eigenvalue weighted by molar-refractivity contribution is 0.243. The molecule has 0 N–H and O–H groups in total. The zero-order valence-corrected chi connectivity index (χ0v) is 13.6. The van der Waals surface area contributed by atoms with Crippen molar-refractivity contribution in [3.05, 3.63) is 28.8 Å². The molecule has 0 radical (unpaired) electrons. The largest absolute Gasteiger partial charge is 0.368 e. The molecule has 1 aromatic carbocycles. The van der Waals surface area contributed by atoms with E-state index in [1.807, 2.05) is 6.07 Å². The first-order valence-corrected chi connectivity index (χ1v) is 8.91. The van der Waals surface area contributed by atoms with Crippen molar-refractivity contribution >= 4 is 33.2 Å². The number of rotatable bonds is 2. The highest BCUT2D eigenvalue weighted by Crippen LogP contribution is 2.40. The van der Waals surface area contributed by atoms with Gasteiger partial charge in [0.2, 0.25) is 0 Å². The molecule has 0 spiro atoms. The smallest absolute Gasteiger partial charge is 0.0467 e. The number of halogens is 2. The van der Waals surface area contributed by atoms with Crippen molar-refractivity contribution in [2.75, 3.05) is 11.4 Å². The molecule has 1 heterocycles. The average molecular weight is 343 g/mol. The van der Waals surface area contributed by atoms with Gasteiger partial charge in [0, 0.05) is 34.2 Å². The molecule has 1 saturated carbocycles. The molecule has 1 saturated heterocycles. The monoisotopic (exact) mass is 341 g/mol. The first kappa shape index (κ1) is 13.8. The number of benzene rings is 1. The van der Waals surface area contributed by atoms with Gasteiger partial charge in [0.1, 0.15) is 0 Å². The molecule has 2 aliphatic rings. The molecule has 1 nitrogen and oxygen atoms in total. The number of fused-ring (bicyclic) bond motifs is 1. The molecule has 2 fully saturated rings. The first-order chi connectivity index (χ1) is 9.31. The van der Waals surface area contributed by atoms with Crippen LogP contribution in [0.15, 0.2) is 18.2 Å². The van der Waals surface area contributed by atoms with Gasteiger partial charge >= 0.3 is 0 Å². The van der Waals surface area contributed by atoms with Crippen LogP contribution in [0.3, 0.4) is 0 Å². The Balaban J connectivity index is 1.94. The van der Waals surface area contributed by atoms with Crippen molar-refractivity contribution in [2.45, 2.75) is 49.9 Å². The second kappa shape index (κ2) is 6.05. The van der Waals surface area contributed by atoms with Gasteiger partial charge in [0.15, 0.2) is 0 Å². The standard InChI is InChI=1S/C16H21BrClN/c17-11-13-14(18)7-3-9-16(13)19-10-4-6-12-5-1-2-8-15(12)19/h3,7,9,12,15H,1-2,4-6,8,10-11H2/t12-,15-/m1/s1. The molecule has 0 unspecified atom stereocenters. The van der Waals surface area contributed by atoms with Crippen molar-refractivity contribution in [2.24, 2.45) is 5.92 Å². The number of anilines is 1. The van der Waals surface area contributed by atoms with E-state index in [1.165, 1.54) is 56.3 Å². The topological polar surface area (TPSA) is 3.24 Å². The van der Waals surface area contributed by atoms with Crippen LogP contribution in [-0.2, 0) is 5.33 Å². The Hall–Kier alpha value is -0.210. The van der Waals surface area contributed by atoms with Crippen LogP contribution >= 0.6 is 27.5 Å². The van der Waals surface area contributed by atoms with Crippen molar-refractivity contribution in [1.82, 2.24) is 0 Å². The van der Waals surface area contributed by atoms with Gasteiger partial charge < -0.3 is 4.90 Å². The van der Waals surface area contributed by atoms with E-state index in [4.69, 9.17) is 11.6 Å². The van der Waals surface area contributed by atoms with E-state index in [0.29, 0.717) is 0 Å². The van der Waals surface area contributed by atoms with Gasteiger partial charge in [-0.2, -0.15) is 0 Å². The Morgan fingerprint density at radius 1 is 1.16 bits per heavy atom. The van der Waals surface area contributed by atoms with Gasteiger partial charge in [-0.1, -0.05) is 46.4 Å². The summed E-state index contributed by atoms with van der Waals surface area (Å²) >= 11 is 9.97. The van der Waals surface area contributed by atoms with E-state index in [0.717, 1.165) is 22.3 Å². The van der Waals surface area contributed by atoms with E-state index in [9.17, 15) is 0 Å². The van der Waals surface area contributed by atoms with E-state index >= 15 is 0 Å². The third-order valence-corrected chi connectivity index (χ3v) is 5.70. The second-order valence-corrected chi connectivity index (χ2v) is 6.79. The summed E-state index contributed by atoms with van der Waals surface area (Å²) in [7, 11) is 0. The molecule has 3 heteroatoms. The molecule has 3 rings (SSSR count). The van der Waals surface area contributed by atoms with Crippen LogP contribution in [0.25, 0.3) is 0 Å². The maximum atomic E-state index is 6.37. The van der Waals surface area contributed by atoms with Crippen LogP contribution in [0.4, 0.5) is 5.69 Å². The van der Waals surface area contributed by atoms with E-state index in [1.54, 1.807) is 0 Å². The molecule has 19 heavy (non-hydrogen) atoms. The van der Waals surface area contributed by atoms with Gasteiger partial charge in [-0.25, -0.2) is 0 Å². The minimum absolute atomic E-state index is 0.749. The van der Waals surface area contributed by atoms with Crippen LogP contribution in [0, 0.1) is 5.92 Å². The number of hydrogen-bond donors (Lipinski definition) is 0. The summed E-state index contributed by atoms with van der Waals surface area (Å²) in [4.78, 5) is 2.65. The Kier molecular flexibility index (Phi) is 4.38. The van der Waals surface area contributed by atoms with Crippen molar-refractivity contribution in [3.63, 3.8) is 0 Å². The fraction of sp³-hybridized carbons (Fsp3) is 0.625. The van der Waals surface area contributed by atoms with Crippen LogP contribution < -0.4 is 4.90 Å². The molecular formula is C16H21BrClN. The van der Waals surface area contributed by atoms with Crippen LogP contribution in [0.2, 0.25) is 5.02 Å². The summed E-state index contributed by atoms with van der Waals surface area (Å²) in [5.74, 6) is 0.907. The summed E-state index contributed by atoms with van der Waals surface area (Å²) in [6, 6.07) is 7.10. The Morgan fingerprint density at radius 2 is 1.95 bits per heavy atom. The van der Waals surface area contributed by atoms with Gasteiger partial charge in [-0.3, -0.25) is 0 Å². The van der Waals surface area contributed by atoms with Crippen molar-refractivity contribution < 1.29 is 0 Å². The molecule has 104 valence electrons. The molecule has 2 atom stereocenters. The van der Waals surface area contributed by atoms with Crippen molar-refractivity contribution in [3.8, 4) is 0 Å². The molecular weight excluding hydrogens is 322 g/mol. The zero-order chi connectivity index (χ0) is 13.2. The molecule has 0 aromatic heterocycles. The summed E-state index contributed by atoms with van der Waals surface area (Å²) in [5.41, 5.74) is 2.62. The minimum atomic E-state index is 0.749. The van der Waals surface area contributed by atoms with Crippen LogP contribution in [0.5, 0.6) is 0 Å². The lowest BCUT2D eigenvalue weighted by Gasteiger charge is -2.46. The second-order valence-electron chi connectivity index (χ2n) is 5.82. The van der Waals surface area contributed by atoms with Crippen LogP contribution in [0.1, 0.15) is 44.1 Å². The maximum Gasteiger partial charge on any atom is 0.0467 e. The Morgan fingerprint density at radius 3 is 2.79 bits per heavy atom. The number of nitrogens with zero attached hydrogens (tertiary/aromatic N) is 1. The maximum absolute atomic E-state index is 6.37. The van der Waals surface area contributed by atoms with E-state index in [2.05, 4.69) is 33.0 Å². The molecule has 0 amide bonds. The molecule has 0 bridgehead atoms. The first-order valence-electron chi connectivity index (χ1n) is 7.41. The highest BCUT2D eigenvalue weighted by molar-refractivity contribution is 9.08. The third-order valence-electron chi connectivity index (χ3n) is 4.78. The fourth-order valence-electron chi connectivity index (χ4n) is 3.87. The Labute approximate surface area is 129 Å². The zero-order valence-electron chi connectivity index (χ0n) is 11.2. The number of alkyl halides is 1. The predicted octanol–water partition coefficient (Wildman–Crippen LogP) is 5.39. The SMILES string of the molecule is Clc1cccc(N2CCC[C@H]3CCCC[C@H]32)c1CBr. The lowest BCUT2D eigenvalue weighted by Crippen LogP contribution is -2.47. The summed E-state index contributed by atoms with van der Waals surface area (Å²) in [6.07, 6.45) is 8.35. The summed E-state index contributed by atoms with van der Waals surface area (Å²) < 4.78 is 0. The van der Waals surface area contributed by atoms with Gasteiger partial charge in [-0.15, -0.1) is 0 Å². The lowest BCUT2D eigenvalue weighted by atomic mass is 9.78. The van der Waals surface area contributed by atoms with Crippen LogP contribution in [-0.4, -0.2) is 12.6 Å². The highest BCUT2D eigenvalue weighted by atomic mass is 79.9. The average Bonchev–Trinajstić information content (AvgIpc) is 2.46. The van der Waals surface area contributed by atoms with Gasteiger partial charge in [-0.05, 0) is 43.7 Å². The summed E-state index contributed by atoms with van der Waals surface area (Å²) in [5, 5.41) is 1.74. The van der Waals surface area contributed by atoms with Gasteiger partial charge in [0.05, 0.1) is 0 Å². The molecule has 1 aliphatic carbocycles. The highest BCUT2D eigenvalue weighted by Gasteiger charge is 2.34. The van der Waals surface area contributed by atoms with E-state index in [-0.39, 0.29) is 0 Å². The molecule has 1 aromatic rings. The minimum Gasteiger partial charge on any atom is -0.368 e. The quantitative estimate of drug-likeness (QED) is 0.651. The van der Waals surface area contributed by atoms with Crippen molar-refractivity contribution in [1.29, 1.82) is 0 Å². The Bertz CT molecular complexity index is 446. The van der Waals surface area contributed by atoms with E-state index < -0.39 is 0 Å². The molecule has 1 aliphatic heterocycles.